The standard InChI is InChI=1S/C22H23N3O4/c1-23-12-18-16-9-15(28-2)10-19(29-3)17(16)11-24-21(27)25(14-7-5-4-6-8-14)20(26)22(18,24)13-23/h4-10,18H,11-13H2,1-3H3/t18-,22-/m0/s1. The minimum atomic E-state index is -0.911. The smallest absolute Gasteiger partial charge is 0.332 e. The van der Waals surface area contributed by atoms with Gasteiger partial charge in [-0.25, -0.2) is 9.69 Å². The van der Waals surface area contributed by atoms with Crippen molar-refractivity contribution in [3.8, 4) is 11.5 Å². The number of imide groups is 1. The zero-order chi connectivity index (χ0) is 20.3. The third-order valence-electron chi connectivity index (χ3n) is 6.44. The van der Waals surface area contributed by atoms with Crippen LogP contribution in [-0.2, 0) is 11.3 Å². The highest BCUT2D eigenvalue weighted by atomic mass is 16.5. The predicted molar refractivity (Wildman–Crippen MR) is 107 cm³/mol. The summed E-state index contributed by atoms with van der Waals surface area (Å²) in [6.07, 6.45) is 0. The van der Waals surface area contributed by atoms with E-state index in [9.17, 15) is 9.59 Å². The Morgan fingerprint density at radius 1 is 1.07 bits per heavy atom. The summed E-state index contributed by atoms with van der Waals surface area (Å²) in [7, 11) is 5.23. The zero-order valence-corrected chi connectivity index (χ0v) is 16.7. The lowest BCUT2D eigenvalue weighted by molar-refractivity contribution is -0.125. The summed E-state index contributed by atoms with van der Waals surface area (Å²) in [4.78, 5) is 32.5. The van der Waals surface area contributed by atoms with Gasteiger partial charge in [-0.15, -0.1) is 0 Å². The molecule has 7 nitrogen and oxygen atoms in total. The maximum Gasteiger partial charge on any atom is 0.332 e. The number of benzene rings is 2. The molecule has 0 saturated carbocycles. The average Bonchev–Trinajstić information content (AvgIpc) is 3.20. The molecule has 0 aliphatic carbocycles. The lowest BCUT2D eigenvalue weighted by Crippen LogP contribution is -2.57. The number of ether oxygens (including phenoxy) is 2. The molecule has 0 N–H and O–H groups in total. The van der Waals surface area contributed by atoms with Crippen molar-refractivity contribution in [3.05, 3.63) is 53.6 Å². The summed E-state index contributed by atoms with van der Waals surface area (Å²) in [5.74, 6) is 1.07. The monoisotopic (exact) mass is 393 g/mol. The van der Waals surface area contributed by atoms with Gasteiger partial charge in [-0.05, 0) is 30.8 Å². The number of para-hydroxylation sites is 1. The van der Waals surface area contributed by atoms with Crippen LogP contribution in [-0.4, -0.2) is 61.6 Å². The molecule has 150 valence electrons. The van der Waals surface area contributed by atoms with Crippen LogP contribution < -0.4 is 14.4 Å². The molecule has 5 rings (SSSR count). The molecule has 0 radical (unpaired) electrons. The fraction of sp³-hybridized carbons (Fsp3) is 0.364. The Morgan fingerprint density at radius 3 is 2.52 bits per heavy atom. The number of anilines is 1. The van der Waals surface area contributed by atoms with Crippen molar-refractivity contribution in [1.29, 1.82) is 0 Å². The van der Waals surface area contributed by atoms with E-state index >= 15 is 0 Å². The van der Waals surface area contributed by atoms with Crippen LogP contribution in [0.1, 0.15) is 17.0 Å². The first-order valence-electron chi connectivity index (χ1n) is 9.66. The molecular formula is C22H23N3O4. The highest BCUT2D eigenvalue weighted by molar-refractivity contribution is 6.24. The molecule has 2 atom stereocenters. The number of carbonyl (C=O) groups is 2. The van der Waals surface area contributed by atoms with Gasteiger partial charge in [0.1, 0.15) is 17.0 Å². The first-order valence-corrected chi connectivity index (χ1v) is 9.66. The van der Waals surface area contributed by atoms with Crippen molar-refractivity contribution in [1.82, 2.24) is 9.80 Å². The fourth-order valence-electron chi connectivity index (χ4n) is 5.17. The van der Waals surface area contributed by atoms with E-state index in [0.29, 0.717) is 36.8 Å². The number of hydrogen-bond acceptors (Lipinski definition) is 5. The molecule has 3 heterocycles. The summed E-state index contributed by atoms with van der Waals surface area (Å²) >= 11 is 0. The molecule has 3 amide bonds. The molecule has 3 aliphatic heterocycles. The maximum atomic E-state index is 13.8. The van der Waals surface area contributed by atoms with Crippen molar-refractivity contribution < 1.29 is 19.1 Å². The SMILES string of the molecule is COc1cc(OC)c2c(c1)[C@@H]1CN(C)C[C@@]13C(=O)N(c1ccccc1)C(=O)N3C2. The lowest BCUT2D eigenvalue weighted by Gasteiger charge is -2.42. The second-order valence-corrected chi connectivity index (χ2v) is 7.92. The van der Waals surface area contributed by atoms with E-state index in [1.807, 2.05) is 37.4 Å². The predicted octanol–water partition coefficient (Wildman–Crippen LogP) is 2.45. The molecule has 29 heavy (non-hydrogen) atoms. The number of fused-ring (bicyclic) bond motifs is 2. The number of nitrogens with zero attached hydrogens (tertiary/aromatic N) is 3. The Balaban J connectivity index is 1.71. The first kappa shape index (κ1) is 18.0. The molecular weight excluding hydrogens is 370 g/mol. The normalized spacial score (nSPS) is 25.7. The molecule has 3 aliphatic rings. The summed E-state index contributed by atoms with van der Waals surface area (Å²) in [5, 5.41) is 0. The van der Waals surface area contributed by atoms with Gasteiger partial charge < -0.3 is 19.3 Å². The van der Waals surface area contributed by atoms with Gasteiger partial charge in [0, 0.05) is 30.6 Å². The van der Waals surface area contributed by atoms with Crippen molar-refractivity contribution in [2.75, 3.05) is 39.3 Å². The first-order chi connectivity index (χ1) is 14.0. The molecule has 0 unspecified atom stereocenters. The van der Waals surface area contributed by atoms with Crippen molar-refractivity contribution in [2.45, 2.75) is 18.0 Å². The van der Waals surface area contributed by atoms with E-state index < -0.39 is 5.54 Å². The van der Waals surface area contributed by atoms with Gasteiger partial charge in [-0.2, -0.15) is 0 Å². The van der Waals surface area contributed by atoms with E-state index in [1.54, 1.807) is 31.3 Å². The number of urea groups is 1. The molecule has 2 aromatic rings. The third-order valence-corrected chi connectivity index (χ3v) is 6.44. The number of carbonyl (C=O) groups excluding carboxylic acids is 2. The van der Waals surface area contributed by atoms with Gasteiger partial charge in [-0.3, -0.25) is 4.79 Å². The van der Waals surface area contributed by atoms with E-state index in [0.717, 1.165) is 11.1 Å². The lowest BCUT2D eigenvalue weighted by atomic mass is 9.75. The summed E-state index contributed by atoms with van der Waals surface area (Å²) in [6, 6.07) is 12.7. The highest BCUT2D eigenvalue weighted by Crippen LogP contribution is 2.53. The van der Waals surface area contributed by atoms with Gasteiger partial charge in [-0.1, -0.05) is 18.2 Å². The molecule has 0 bridgehead atoms. The van der Waals surface area contributed by atoms with Crippen molar-refractivity contribution in [2.24, 2.45) is 0 Å². The van der Waals surface area contributed by atoms with Crippen LogP contribution in [0, 0.1) is 0 Å². The Morgan fingerprint density at radius 2 is 1.83 bits per heavy atom. The van der Waals surface area contributed by atoms with E-state index in [1.165, 1.54) is 4.90 Å². The second kappa shape index (κ2) is 6.22. The van der Waals surface area contributed by atoms with Crippen LogP contribution in [0.15, 0.2) is 42.5 Å². The number of likely N-dealkylation sites (N-methyl/N-ethyl adjacent to an activating group) is 1. The Bertz CT molecular complexity index is 1010. The molecule has 1 spiro atoms. The van der Waals surface area contributed by atoms with Crippen LogP contribution in [0.5, 0.6) is 11.5 Å². The Hall–Kier alpha value is -3.06. The zero-order valence-electron chi connectivity index (χ0n) is 16.7. The van der Waals surface area contributed by atoms with Crippen molar-refractivity contribution in [3.63, 3.8) is 0 Å². The molecule has 0 aromatic heterocycles. The van der Waals surface area contributed by atoms with Gasteiger partial charge >= 0.3 is 6.03 Å². The maximum absolute atomic E-state index is 13.8. The molecule has 7 heteroatoms. The second-order valence-electron chi connectivity index (χ2n) is 7.92. The van der Waals surface area contributed by atoms with Crippen LogP contribution in [0.2, 0.25) is 0 Å². The number of likely N-dealkylation sites (tertiary alicyclic amines) is 1. The van der Waals surface area contributed by atoms with Gasteiger partial charge in [0.25, 0.3) is 5.91 Å². The molecule has 2 saturated heterocycles. The number of rotatable bonds is 3. The summed E-state index contributed by atoms with van der Waals surface area (Å²) in [6.45, 7) is 1.52. The molecule has 2 fully saturated rings. The summed E-state index contributed by atoms with van der Waals surface area (Å²) in [5.41, 5.74) is 1.66. The molecule has 2 aromatic carbocycles. The van der Waals surface area contributed by atoms with Crippen molar-refractivity contribution >= 4 is 17.6 Å². The highest BCUT2D eigenvalue weighted by Gasteiger charge is 2.67. The van der Waals surface area contributed by atoms with E-state index in [4.69, 9.17) is 9.47 Å². The third kappa shape index (κ3) is 2.28. The minimum Gasteiger partial charge on any atom is -0.497 e. The van der Waals surface area contributed by atoms with Crippen LogP contribution in [0.25, 0.3) is 0 Å². The van der Waals surface area contributed by atoms with Gasteiger partial charge in [0.2, 0.25) is 0 Å². The van der Waals surface area contributed by atoms with E-state index in [2.05, 4.69) is 4.90 Å². The topological polar surface area (TPSA) is 62.3 Å². The van der Waals surface area contributed by atoms with E-state index in [-0.39, 0.29) is 17.9 Å². The Kier molecular flexibility index (Phi) is 3.86. The van der Waals surface area contributed by atoms with Crippen LogP contribution in [0.4, 0.5) is 10.5 Å². The van der Waals surface area contributed by atoms with Crippen LogP contribution >= 0.6 is 0 Å². The number of methoxy groups -OCH3 is 2. The average molecular weight is 393 g/mol. The summed E-state index contributed by atoms with van der Waals surface area (Å²) < 4.78 is 11.1. The quantitative estimate of drug-likeness (QED) is 0.750. The van der Waals surface area contributed by atoms with Crippen LogP contribution in [0.3, 0.4) is 0 Å². The fourth-order valence-corrected chi connectivity index (χ4v) is 5.17. The number of hydrogen-bond donors (Lipinski definition) is 0. The largest absolute Gasteiger partial charge is 0.497 e. The van der Waals surface area contributed by atoms with Gasteiger partial charge in [0.15, 0.2) is 0 Å². The van der Waals surface area contributed by atoms with Gasteiger partial charge in [0.05, 0.1) is 26.5 Å². The minimum absolute atomic E-state index is 0.148. The number of amides is 3. The Labute approximate surface area is 169 Å².